The topological polar surface area (TPSA) is 97.5 Å². The van der Waals surface area contributed by atoms with Gasteiger partial charge in [-0.05, 0) is 36.6 Å². The largest absolute Gasteiger partial charge is 0.491 e. The molecular weight excluding hydrogens is 294 g/mol. The first-order valence-corrected chi connectivity index (χ1v) is 7.47. The van der Waals surface area contributed by atoms with E-state index in [-0.39, 0.29) is 5.41 Å². The van der Waals surface area contributed by atoms with Gasteiger partial charge in [-0.15, -0.1) is 0 Å². The third-order valence-corrected chi connectivity index (χ3v) is 4.05. The van der Waals surface area contributed by atoms with Crippen molar-refractivity contribution in [2.24, 2.45) is 5.41 Å². The predicted octanol–water partition coefficient (Wildman–Crippen LogP) is 2.76. The summed E-state index contributed by atoms with van der Waals surface area (Å²) in [6.07, 6.45) is 4.36. The van der Waals surface area contributed by atoms with Gasteiger partial charge in [0.2, 0.25) is 0 Å². The fourth-order valence-electron chi connectivity index (χ4n) is 2.42. The molecule has 1 heterocycles. The molecule has 0 spiro atoms. The minimum absolute atomic E-state index is 0.0778. The van der Waals surface area contributed by atoms with Gasteiger partial charge in [0.25, 0.3) is 0 Å². The van der Waals surface area contributed by atoms with Crippen molar-refractivity contribution in [2.75, 3.05) is 18.9 Å². The minimum atomic E-state index is -0.999. The van der Waals surface area contributed by atoms with Crippen LogP contribution in [0.4, 0.5) is 10.5 Å². The third-order valence-electron chi connectivity index (χ3n) is 4.05. The fraction of sp³-hybridized carbons (Fsp3) is 0.294. The number of hydrogen-bond acceptors (Lipinski definition) is 4. The predicted molar refractivity (Wildman–Crippen MR) is 87.3 cm³/mol. The van der Waals surface area contributed by atoms with E-state index in [1.165, 1.54) is 0 Å². The highest BCUT2D eigenvalue weighted by atomic mass is 16.5. The summed E-state index contributed by atoms with van der Waals surface area (Å²) in [6.45, 7) is 0.903. The number of rotatable bonds is 6. The highest BCUT2D eigenvalue weighted by molar-refractivity contribution is 5.67. The quantitative estimate of drug-likeness (QED) is 0.712. The van der Waals surface area contributed by atoms with E-state index in [0.29, 0.717) is 24.6 Å². The Morgan fingerprint density at radius 3 is 2.83 bits per heavy atom. The van der Waals surface area contributed by atoms with Crippen LogP contribution in [-0.4, -0.2) is 29.3 Å². The van der Waals surface area contributed by atoms with Crippen LogP contribution in [0.15, 0.2) is 42.7 Å². The Bertz CT molecular complexity index is 714. The standard InChI is InChI=1S/C17H19N3O3/c18-14-3-1-2-12(6-14)13-7-15(9-19-8-13)23-11-17(4-5-17)10-20-16(21)22/h1-3,6-9,20H,4-5,10-11,18H2,(H,21,22). The van der Waals surface area contributed by atoms with Crippen molar-refractivity contribution in [2.45, 2.75) is 12.8 Å². The molecule has 1 aliphatic rings. The molecule has 0 unspecified atom stereocenters. The Kier molecular flexibility index (Phi) is 4.06. The third kappa shape index (κ3) is 3.91. The minimum Gasteiger partial charge on any atom is -0.491 e. The first-order valence-electron chi connectivity index (χ1n) is 7.47. The lowest BCUT2D eigenvalue weighted by Gasteiger charge is -2.16. The Labute approximate surface area is 134 Å². The van der Waals surface area contributed by atoms with Gasteiger partial charge in [-0.1, -0.05) is 12.1 Å². The fourth-order valence-corrected chi connectivity index (χ4v) is 2.42. The van der Waals surface area contributed by atoms with E-state index in [4.69, 9.17) is 15.6 Å². The number of anilines is 1. The van der Waals surface area contributed by atoms with Gasteiger partial charge in [0.15, 0.2) is 0 Å². The molecule has 120 valence electrons. The second-order valence-corrected chi connectivity index (χ2v) is 5.98. The van der Waals surface area contributed by atoms with Crippen molar-refractivity contribution in [3.63, 3.8) is 0 Å². The van der Waals surface area contributed by atoms with Gasteiger partial charge in [-0.3, -0.25) is 4.98 Å². The summed E-state index contributed by atoms with van der Waals surface area (Å²) in [4.78, 5) is 14.8. The molecule has 4 N–H and O–H groups in total. The van der Waals surface area contributed by atoms with E-state index >= 15 is 0 Å². The number of carboxylic acid groups (broad SMARTS) is 1. The van der Waals surface area contributed by atoms with Gasteiger partial charge in [0.1, 0.15) is 5.75 Å². The lowest BCUT2D eigenvalue weighted by molar-refractivity contribution is 0.184. The van der Waals surface area contributed by atoms with Gasteiger partial charge < -0.3 is 20.9 Å². The van der Waals surface area contributed by atoms with Crippen LogP contribution in [0.1, 0.15) is 12.8 Å². The van der Waals surface area contributed by atoms with Crippen LogP contribution >= 0.6 is 0 Å². The van der Waals surface area contributed by atoms with Crippen LogP contribution in [0.5, 0.6) is 5.75 Å². The number of nitrogens with zero attached hydrogens (tertiary/aromatic N) is 1. The molecule has 3 rings (SSSR count). The zero-order valence-electron chi connectivity index (χ0n) is 12.7. The molecule has 6 nitrogen and oxygen atoms in total. The maximum Gasteiger partial charge on any atom is 0.404 e. The highest BCUT2D eigenvalue weighted by Gasteiger charge is 2.43. The van der Waals surface area contributed by atoms with Gasteiger partial charge >= 0.3 is 6.09 Å². The van der Waals surface area contributed by atoms with Crippen molar-refractivity contribution in [3.8, 4) is 16.9 Å². The first-order chi connectivity index (χ1) is 11.1. The number of hydrogen-bond donors (Lipinski definition) is 3. The monoisotopic (exact) mass is 313 g/mol. The van der Waals surface area contributed by atoms with Crippen LogP contribution in [0, 0.1) is 5.41 Å². The molecule has 0 radical (unpaired) electrons. The van der Waals surface area contributed by atoms with Crippen LogP contribution in [-0.2, 0) is 0 Å². The van der Waals surface area contributed by atoms with Crippen LogP contribution in [0.3, 0.4) is 0 Å². The summed E-state index contributed by atoms with van der Waals surface area (Å²) < 4.78 is 5.83. The molecular formula is C17H19N3O3. The number of nitrogens with one attached hydrogen (secondary N) is 1. The Morgan fingerprint density at radius 2 is 2.13 bits per heavy atom. The SMILES string of the molecule is Nc1cccc(-c2cncc(OCC3(CNC(=O)O)CC3)c2)c1. The average molecular weight is 313 g/mol. The van der Waals surface area contributed by atoms with Crippen molar-refractivity contribution >= 4 is 11.8 Å². The highest BCUT2D eigenvalue weighted by Crippen LogP contribution is 2.45. The smallest absolute Gasteiger partial charge is 0.404 e. The molecule has 1 amide bonds. The molecule has 0 saturated heterocycles. The van der Waals surface area contributed by atoms with Crippen LogP contribution in [0.25, 0.3) is 11.1 Å². The first kappa shape index (κ1) is 15.1. The Balaban J connectivity index is 1.65. The van der Waals surface area contributed by atoms with E-state index in [9.17, 15) is 4.79 Å². The van der Waals surface area contributed by atoms with E-state index < -0.39 is 6.09 Å². The summed E-state index contributed by atoms with van der Waals surface area (Å²) in [5.74, 6) is 0.673. The summed E-state index contributed by atoms with van der Waals surface area (Å²) in [6, 6.07) is 9.51. The maximum atomic E-state index is 10.6. The number of ether oxygens (including phenoxy) is 1. The molecule has 1 aromatic carbocycles. The van der Waals surface area contributed by atoms with Crippen molar-refractivity contribution < 1.29 is 14.6 Å². The average Bonchev–Trinajstić information content (AvgIpc) is 3.32. The summed E-state index contributed by atoms with van der Waals surface area (Å²) in [5.41, 5.74) is 8.35. The van der Waals surface area contributed by atoms with E-state index in [2.05, 4.69) is 10.3 Å². The van der Waals surface area contributed by atoms with Gasteiger partial charge in [0.05, 0.1) is 12.8 Å². The number of nitrogens with two attached hydrogens (primary N) is 1. The maximum absolute atomic E-state index is 10.6. The lowest BCUT2D eigenvalue weighted by atomic mass is 10.1. The number of pyridine rings is 1. The molecule has 0 atom stereocenters. The van der Waals surface area contributed by atoms with Crippen LogP contribution in [0.2, 0.25) is 0 Å². The number of benzene rings is 1. The molecule has 23 heavy (non-hydrogen) atoms. The van der Waals surface area contributed by atoms with Crippen LogP contribution < -0.4 is 15.8 Å². The van der Waals surface area contributed by atoms with Gasteiger partial charge in [-0.25, -0.2) is 4.79 Å². The van der Waals surface area contributed by atoms with E-state index in [1.54, 1.807) is 12.4 Å². The zero-order valence-corrected chi connectivity index (χ0v) is 12.7. The normalized spacial score (nSPS) is 15.0. The molecule has 1 aliphatic carbocycles. The lowest BCUT2D eigenvalue weighted by Crippen LogP contribution is -2.31. The van der Waals surface area contributed by atoms with Crippen molar-refractivity contribution in [1.29, 1.82) is 0 Å². The number of aromatic nitrogens is 1. The summed E-state index contributed by atoms with van der Waals surface area (Å²) in [5, 5.41) is 11.1. The molecule has 0 bridgehead atoms. The van der Waals surface area contributed by atoms with E-state index in [1.807, 2.05) is 30.3 Å². The van der Waals surface area contributed by atoms with Gasteiger partial charge in [0, 0.05) is 29.4 Å². The molecule has 2 aromatic rings. The second-order valence-electron chi connectivity index (χ2n) is 5.98. The summed E-state index contributed by atoms with van der Waals surface area (Å²) in [7, 11) is 0. The van der Waals surface area contributed by atoms with Crippen molar-refractivity contribution in [1.82, 2.24) is 10.3 Å². The van der Waals surface area contributed by atoms with E-state index in [0.717, 1.165) is 24.0 Å². The van der Waals surface area contributed by atoms with Gasteiger partial charge in [-0.2, -0.15) is 0 Å². The molecule has 1 fully saturated rings. The number of carbonyl (C=O) groups is 1. The number of amides is 1. The second kappa shape index (κ2) is 6.16. The Morgan fingerprint density at radius 1 is 1.30 bits per heavy atom. The molecule has 6 heteroatoms. The number of nitrogen functional groups attached to an aromatic ring is 1. The Hall–Kier alpha value is -2.76. The zero-order chi connectivity index (χ0) is 16.3. The molecule has 0 aliphatic heterocycles. The van der Waals surface area contributed by atoms with Crippen molar-refractivity contribution in [3.05, 3.63) is 42.7 Å². The molecule has 1 saturated carbocycles. The summed E-state index contributed by atoms with van der Waals surface area (Å²) >= 11 is 0. The molecule has 1 aromatic heterocycles.